The van der Waals surface area contributed by atoms with Gasteiger partial charge in [-0.2, -0.15) is 5.10 Å². The van der Waals surface area contributed by atoms with Crippen LogP contribution in [0.3, 0.4) is 0 Å². The molecular weight excluding hydrogens is 352 g/mol. The SMILES string of the molecule is Cc1ccc(C(=O)N2CCN(c3cc(-n4cccn4)nc(C)n3)CC2)c(C)c1. The average Bonchev–Trinajstić information content (AvgIpc) is 3.22. The summed E-state index contributed by atoms with van der Waals surface area (Å²) in [5, 5.41) is 4.25. The second-order valence-electron chi connectivity index (χ2n) is 7.18. The molecule has 0 spiro atoms. The zero-order valence-electron chi connectivity index (χ0n) is 16.5. The zero-order valence-corrected chi connectivity index (χ0v) is 16.5. The number of hydrogen-bond acceptors (Lipinski definition) is 5. The molecule has 1 amide bonds. The van der Waals surface area contributed by atoms with Gasteiger partial charge >= 0.3 is 0 Å². The van der Waals surface area contributed by atoms with Crippen LogP contribution in [0.15, 0.2) is 42.7 Å². The Morgan fingerprint density at radius 1 is 0.964 bits per heavy atom. The maximum atomic E-state index is 12.9. The molecule has 7 nitrogen and oxygen atoms in total. The predicted octanol–water partition coefficient (Wildman–Crippen LogP) is 2.55. The van der Waals surface area contributed by atoms with Crippen molar-refractivity contribution in [2.75, 3.05) is 31.1 Å². The van der Waals surface area contributed by atoms with E-state index in [1.807, 2.05) is 56.1 Å². The van der Waals surface area contributed by atoms with E-state index in [0.29, 0.717) is 18.9 Å². The minimum atomic E-state index is 0.105. The Bertz CT molecular complexity index is 990. The number of carbonyl (C=O) groups is 1. The number of aromatic nitrogens is 4. The van der Waals surface area contributed by atoms with Gasteiger partial charge in [0.2, 0.25) is 0 Å². The first kappa shape index (κ1) is 18.2. The van der Waals surface area contributed by atoms with Crippen LogP contribution in [0.25, 0.3) is 5.82 Å². The summed E-state index contributed by atoms with van der Waals surface area (Å²) in [5.74, 6) is 2.43. The van der Waals surface area contributed by atoms with Crippen LogP contribution >= 0.6 is 0 Å². The lowest BCUT2D eigenvalue weighted by molar-refractivity contribution is 0.0745. The number of aryl methyl sites for hydroxylation is 3. The predicted molar refractivity (Wildman–Crippen MR) is 108 cm³/mol. The summed E-state index contributed by atoms with van der Waals surface area (Å²) in [6.07, 6.45) is 3.60. The summed E-state index contributed by atoms with van der Waals surface area (Å²) >= 11 is 0. The molecule has 1 aromatic carbocycles. The van der Waals surface area contributed by atoms with Gasteiger partial charge in [0, 0.05) is 50.2 Å². The first-order valence-corrected chi connectivity index (χ1v) is 9.48. The fourth-order valence-corrected chi connectivity index (χ4v) is 3.58. The van der Waals surface area contributed by atoms with Crippen LogP contribution in [-0.4, -0.2) is 56.7 Å². The third-order valence-corrected chi connectivity index (χ3v) is 5.05. The molecule has 1 aliphatic heterocycles. The first-order valence-electron chi connectivity index (χ1n) is 9.48. The number of carbonyl (C=O) groups excluding carboxylic acids is 1. The molecule has 0 bridgehead atoms. The molecule has 0 saturated carbocycles. The molecule has 2 aromatic heterocycles. The normalized spacial score (nSPS) is 14.4. The van der Waals surface area contributed by atoms with Gasteiger partial charge in [-0.1, -0.05) is 17.7 Å². The van der Waals surface area contributed by atoms with Gasteiger partial charge < -0.3 is 9.80 Å². The Kier molecular flexibility index (Phi) is 4.81. The molecule has 0 atom stereocenters. The average molecular weight is 376 g/mol. The van der Waals surface area contributed by atoms with Crippen LogP contribution in [0.4, 0.5) is 5.82 Å². The summed E-state index contributed by atoms with van der Waals surface area (Å²) in [7, 11) is 0. The molecule has 4 rings (SSSR count). The Morgan fingerprint density at radius 3 is 2.39 bits per heavy atom. The lowest BCUT2D eigenvalue weighted by Gasteiger charge is -2.35. The van der Waals surface area contributed by atoms with E-state index in [2.05, 4.69) is 26.0 Å². The monoisotopic (exact) mass is 376 g/mol. The molecule has 28 heavy (non-hydrogen) atoms. The Morgan fingerprint density at radius 2 is 1.71 bits per heavy atom. The topological polar surface area (TPSA) is 67.2 Å². The summed E-state index contributed by atoms with van der Waals surface area (Å²) in [6, 6.07) is 9.81. The molecule has 1 aliphatic rings. The zero-order chi connectivity index (χ0) is 19.7. The standard InChI is InChI=1S/C21H24N6O/c1-15-5-6-18(16(2)13-15)21(28)26-11-9-25(10-12-26)19-14-20(24-17(3)23-19)27-8-4-7-22-27/h4-8,13-14H,9-12H2,1-3H3. The highest BCUT2D eigenvalue weighted by Gasteiger charge is 2.24. The first-order chi connectivity index (χ1) is 13.5. The van der Waals surface area contributed by atoms with Crippen LogP contribution in [-0.2, 0) is 0 Å². The molecule has 144 valence electrons. The van der Waals surface area contributed by atoms with Gasteiger partial charge in [-0.25, -0.2) is 14.6 Å². The Hall–Kier alpha value is -3.22. The van der Waals surface area contributed by atoms with Crippen molar-refractivity contribution < 1.29 is 4.79 Å². The number of benzene rings is 1. The van der Waals surface area contributed by atoms with Gasteiger partial charge in [-0.15, -0.1) is 0 Å². The molecule has 0 aliphatic carbocycles. The molecule has 3 heterocycles. The van der Waals surface area contributed by atoms with E-state index >= 15 is 0 Å². The molecule has 7 heteroatoms. The van der Waals surface area contributed by atoms with Crippen molar-refractivity contribution in [1.29, 1.82) is 0 Å². The number of hydrogen-bond donors (Lipinski definition) is 0. The van der Waals surface area contributed by atoms with Gasteiger partial charge in [0.15, 0.2) is 5.82 Å². The van der Waals surface area contributed by atoms with Crippen LogP contribution in [0.2, 0.25) is 0 Å². The van der Waals surface area contributed by atoms with E-state index < -0.39 is 0 Å². The van der Waals surface area contributed by atoms with E-state index in [4.69, 9.17) is 0 Å². The van der Waals surface area contributed by atoms with E-state index in [9.17, 15) is 4.79 Å². The van der Waals surface area contributed by atoms with E-state index in [1.165, 1.54) is 5.56 Å². The largest absolute Gasteiger partial charge is 0.353 e. The smallest absolute Gasteiger partial charge is 0.254 e. The van der Waals surface area contributed by atoms with Crippen LogP contribution in [0, 0.1) is 20.8 Å². The van der Waals surface area contributed by atoms with Gasteiger partial charge in [0.25, 0.3) is 5.91 Å². The molecular formula is C21H24N6O. The second kappa shape index (κ2) is 7.42. The second-order valence-corrected chi connectivity index (χ2v) is 7.18. The van der Waals surface area contributed by atoms with Crippen molar-refractivity contribution in [3.05, 3.63) is 65.2 Å². The third kappa shape index (κ3) is 3.60. The minimum absolute atomic E-state index is 0.105. The fourth-order valence-electron chi connectivity index (χ4n) is 3.58. The lowest BCUT2D eigenvalue weighted by Crippen LogP contribution is -2.49. The van der Waals surface area contributed by atoms with Gasteiger partial charge in [-0.3, -0.25) is 4.79 Å². The third-order valence-electron chi connectivity index (χ3n) is 5.05. The van der Waals surface area contributed by atoms with Crippen molar-refractivity contribution in [1.82, 2.24) is 24.6 Å². The lowest BCUT2D eigenvalue weighted by atomic mass is 10.0. The van der Waals surface area contributed by atoms with Crippen molar-refractivity contribution in [3.63, 3.8) is 0 Å². The molecule has 0 radical (unpaired) electrons. The summed E-state index contributed by atoms with van der Waals surface area (Å²) in [5.41, 5.74) is 2.99. The van der Waals surface area contributed by atoms with Crippen molar-refractivity contribution >= 4 is 11.7 Å². The van der Waals surface area contributed by atoms with Gasteiger partial charge in [0.1, 0.15) is 11.6 Å². The quantitative estimate of drug-likeness (QED) is 0.703. The fraction of sp³-hybridized carbons (Fsp3) is 0.333. The Labute approximate surface area is 164 Å². The van der Waals surface area contributed by atoms with E-state index in [1.54, 1.807) is 10.9 Å². The highest BCUT2D eigenvalue weighted by Crippen LogP contribution is 2.19. The minimum Gasteiger partial charge on any atom is -0.353 e. The number of nitrogens with zero attached hydrogens (tertiary/aromatic N) is 6. The number of rotatable bonds is 3. The number of anilines is 1. The Balaban J connectivity index is 1.48. The van der Waals surface area contributed by atoms with Crippen molar-refractivity contribution in [2.45, 2.75) is 20.8 Å². The maximum Gasteiger partial charge on any atom is 0.254 e. The molecule has 1 saturated heterocycles. The van der Waals surface area contributed by atoms with Crippen LogP contribution in [0.1, 0.15) is 27.3 Å². The van der Waals surface area contributed by atoms with Crippen LogP contribution < -0.4 is 4.90 Å². The number of piperazine rings is 1. The molecule has 3 aromatic rings. The summed E-state index contributed by atoms with van der Waals surface area (Å²) in [4.78, 5) is 26.1. The van der Waals surface area contributed by atoms with Crippen LogP contribution in [0.5, 0.6) is 0 Å². The van der Waals surface area contributed by atoms with E-state index in [0.717, 1.165) is 35.9 Å². The maximum absolute atomic E-state index is 12.9. The van der Waals surface area contributed by atoms with Crippen molar-refractivity contribution in [3.8, 4) is 5.82 Å². The molecule has 0 unspecified atom stereocenters. The van der Waals surface area contributed by atoms with E-state index in [-0.39, 0.29) is 5.91 Å². The number of amides is 1. The van der Waals surface area contributed by atoms with Crippen molar-refractivity contribution in [2.24, 2.45) is 0 Å². The highest BCUT2D eigenvalue weighted by molar-refractivity contribution is 5.95. The summed E-state index contributed by atoms with van der Waals surface area (Å²) < 4.78 is 1.73. The van der Waals surface area contributed by atoms with Gasteiger partial charge in [0.05, 0.1) is 0 Å². The van der Waals surface area contributed by atoms with Gasteiger partial charge in [-0.05, 0) is 38.5 Å². The summed E-state index contributed by atoms with van der Waals surface area (Å²) in [6.45, 7) is 8.75. The molecule has 1 fully saturated rings. The molecule has 0 N–H and O–H groups in total. The highest BCUT2D eigenvalue weighted by atomic mass is 16.2.